The van der Waals surface area contributed by atoms with Gasteiger partial charge in [0.15, 0.2) is 0 Å². The van der Waals surface area contributed by atoms with E-state index in [0.717, 1.165) is 0 Å². The summed E-state index contributed by atoms with van der Waals surface area (Å²) in [4.78, 5) is 0. The highest BCUT2D eigenvalue weighted by molar-refractivity contribution is 7.17. The van der Waals surface area contributed by atoms with Crippen LogP contribution < -0.4 is 10.4 Å². The van der Waals surface area contributed by atoms with Crippen LogP contribution in [0, 0.1) is 6.42 Å². The predicted molar refractivity (Wildman–Crippen MR) is 136 cm³/mol. The zero-order valence-corrected chi connectivity index (χ0v) is 20.3. The van der Waals surface area contributed by atoms with Crippen molar-refractivity contribution in [2.45, 2.75) is 65.5 Å². The molecule has 3 aromatic rings. The summed E-state index contributed by atoms with van der Waals surface area (Å²) in [5, 5.41) is 6.59. The van der Waals surface area contributed by atoms with E-state index in [1.165, 1.54) is 29.5 Å². The quantitative estimate of drug-likeness (QED) is 0.394. The highest BCUT2D eigenvalue weighted by Gasteiger charge is 2.49. The van der Waals surface area contributed by atoms with Crippen LogP contribution in [0.25, 0.3) is 22.4 Å². The second-order valence-corrected chi connectivity index (χ2v) is 14.2. The maximum absolute atomic E-state index is 2.56. The molecule has 0 saturated heterocycles. The highest BCUT2D eigenvalue weighted by Crippen LogP contribution is 2.45. The monoisotopic (exact) mass is 409 g/mol. The Morgan fingerprint density at radius 1 is 0.800 bits per heavy atom. The molecule has 0 amide bonds. The van der Waals surface area contributed by atoms with Crippen molar-refractivity contribution in [1.82, 2.24) is 0 Å². The van der Waals surface area contributed by atoms with E-state index in [1.54, 1.807) is 37.8 Å². The molecule has 1 heteroatoms. The van der Waals surface area contributed by atoms with Crippen molar-refractivity contribution in [1.29, 1.82) is 0 Å². The van der Waals surface area contributed by atoms with Crippen LogP contribution in [0.1, 0.15) is 80.2 Å². The normalized spacial score (nSPS) is 18.0. The predicted octanol–water partition coefficient (Wildman–Crippen LogP) is 7.11. The largest absolute Gasteiger partial charge is 0.113 e. The molecule has 1 aliphatic carbocycles. The Balaban J connectivity index is 1.89. The molecule has 0 bridgehead atoms. The summed E-state index contributed by atoms with van der Waals surface area (Å²) in [6.45, 7) is 14.6. The minimum Gasteiger partial charge on any atom is -0.0648 e. The number of hydrogen-bond acceptors (Lipinski definition) is 0. The molecule has 0 fully saturated rings. The summed E-state index contributed by atoms with van der Waals surface area (Å²) in [5.74, 6) is 1.17. The maximum atomic E-state index is 2.56. The molecule has 1 aliphatic heterocycles. The molecule has 30 heavy (non-hydrogen) atoms. The maximum Gasteiger partial charge on any atom is 0.113 e. The van der Waals surface area contributed by atoms with Gasteiger partial charge in [-0.3, -0.25) is 0 Å². The van der Waals surface area contributed by atoms with Crippen molar-refractivity contribution >= 4 is 40.9 Å². The molecule has 3 aromatic carbocycles. The first-order chi connectivity index (χ1) is 14.4. The summed E-state index contributed by atoms with van der Waals surface area (Å²) >= 11 is 0. The zero-order chi connectivity index (χ0) is 21.2. The third-order valence-corrected chi connectivity index (χ3v) is 11.0. The highest BCUT2D eigenvalue weighted by atomic mass is 28.3. The van der Waals surface area contributed by atoms with Gasteiger partial charge in [-0.2, -0.15) is 0 Å². The number of fused-ring (bicyclic) bond motifs is 4. The molecular formula is C29H33Si. The van der Waals surface area contributed by atoms with Crippen LogP contribution in [-0.4, -0.2) is 8.07 Å². The number of rotatable bonds is 5. The first kappa shape index (κ1) is 19.8. The summed E-state index contributed by atoms with van der Waals surface area (Å²) in [5.41, 5.74) is 8.90. The first-order valence-electron chi connectivity index (χ1n) is 11.7. The van der Waals surface area contributed by atoms with E-state index >= 15 is 0 Å². The molecule has 0 aromatic heterocycles. The van der Waals surface area contributed by atoms with Gasteiger partial charge in [-0.05, 0) is 74.0 Å². The van der Waals surface area contributed by atoms with Gasteiger partial charge >= 0.3 is 0 Å². The van der Waals surface area contributed by atoms with E-state index in [9.17, 15) is 0 Å². The summed E-state index contributed by atoms with van der Waals surface area (Å²) in [6, 6.07) is 15.9. The van der Waals surface area contributed by atoms with Crippen LogP contribution in [0.5, 0.6) is 0 Å². The average molecular weight is 410 g/mol. The minimum atomic E-state index is -1.46. The Bertz CT molecular complexity index is 1190. The Morgan fingerprint density at radius 3 is 2.17 bits per heavy atom. The molecular weight excluding hydrogens is 376 g/mol. The molecule has 1 radical (unpaired) electrons. The SMILES string of the molecule is CCC(C)c1c2c(c3cccc(C(C)CC)c3c1C1=Cc3ccccc3[CH]1)[Si]2(C)C. The van der Waals surface area contributed by atoms with Crippen LogP contribution in [0.2, 0.25) is 13.1 Å². The molecule has 2 atom stereocenters. The van der Waals surface area contributed by atoms with Crippen molar-refractivity contribution in [3.8, 4) is 0 Å². The lowest BCUT2D eigenvalue weighted by molar-refractivity contribution is 0.733. The molecule has 2 unspecified atom stereocenters. The van der Waals surface area contributed by atoms with Crippen molar-refractivity contribution in [3.05, 3.63) is 76.7 Å². The van der Waals surface area contributed by atoms with Gasteiger partial charge in [-0.1, -0.05) is 94.5 Å². The molecule has 0 N–H and O–H groups in total. The lowest BCUT2D eigenvalue weighted by atomic mass is 9.82. The van der Waals surface area contributed by atoms with Crippen molar-refractivity contribution in [3.63, 3.8) is 0 Å². The second kappa shape index (κ2) is 6.95. The topological polar surface area (TPSA) is 0 Å². The Kier molecular flexibility index (Phi) is 4.59. The van der Waals surface area contributed by atoms with Gasteiger partial charge < -0.3 is 0 Å². The number of allylic oxidation sites excluding steroid dienone is 1. The fourth-order valence-corrected chi connectivity index (χ4v) is 9.53. The zero-order valence-electron chi connectivity index (χ0n) is 19.3. The molecule has 5 rings (SSSR count). The first-order valence-corrected chi connectivity index (χ1v) is 14.7. The Hall–Kier alpha value is -2.12. The van der Waals surface area contributed by atoms with Gasteiger partial charge in [0.1, 0.15) is 8.07 Å². The van der Waals surface area contributed by atoms with Gasteiger partial charge in [0.2, 0.25) is 0 Å². The van der Waals surface area contributed by atoms with E-state index in [2.05, 4.69) is 95.8 Å². The molecule has 0 spiro atoms. The lowest BCUT2D eigenvalue weighted by Gasteiger charge is -2.22. The van der Waals surface area contributed by atoms with E-state index in [4.69, 9.17) is 0 Å². The lowest BCUT2D eigenvalue weighted by Crippen LogP contribution is -2.20. The van der Waals surface area contributed by atoms with Crippen LogP contribution in [0.3, 0.4) is 0 Å². The average Bonchev–Trinajstić information content (AvgIpc) is 3.11. The smallest absolute Gasteiger partial charge is 0.0648 e. The standard InChI is InChI=1S/C29H33Si/c1-7-18(3)23-14-11-15-24-27(23)26(22-16-20-12-9-10-13-21(20)17-22)25(19(4)8-2)29-28(24)30(29,5)6/h9-19H,7-8H2,1-6H3. The molecule has 1 heterocycles. The fraction of sp³-hybridized carbons (Fsp3) is 0.345. The minimum absolute atomic E-state index is 0.572. The van der Waals surface area contributed by atoms with Crippen LogP contribution in [0.4, 0.5) is 0 Å². The molecule has 153 valence electrons. The van der Waals surface area contributed by atoms with E-state index in [0.29, 0.717) is 11.8 Å². The van der Waals surface area contributed by atoms with Gasteiger partial charge in [0.05, 0.1) is 0 Å². The summed E-state index contributed by atoms with van der Waals surface area (Å²) < 4.78 is 0. The van der Waals surface area contributed by atoms with Crippen LogP contribution >= 0.6 is 0 Å². The van der Waals surface area contributed by atoms with Crippen molar-refractivity contribution in [2.24, 2.45) is 0 Å². The van der Waals surface area contributed by atoms with E-state index in [1.807, 2.05) is 0 Å². The fourth-order valence-electron chi connectivity index (χ4n) is 5.65. The Morgan fingerprint density at radius 2 is 1.50 bits per heavy atom. The second-order valence-electron chi connectivity index (χ2n) is 9.93. The third-order valence-electron chi connectivity index (χ3n) is 7.75. The van der Waals surface area contributed by atoms with Gasteiger partial charge in [-0.15, -0.1) is 0 Å². The van der Waals surface area contributed by atoms with Gasteiger partial charge in [-0.25, -0.2) is 0 Å². The third kappa shape index (κ3) is 2.71. The van der Waals surface area contributed by atoms with E-state index < -0.39 is 8.07 Å². The van der Waals surface area contributed by atoms with Gasteiger partial charge in [0, 0.05) is 6.42 Å². The summed E-state index contributed by atoms with van der Waals surface area (Å²) in [6.07, 6.45) is 7.25. The molecule has 2 aliphatic rings. The van der Waals surface area contributed by atoms with Crippen molar-refractivity contribution in [2.75, 3.05) is 0 Å². The summed E-state index contributed by atoms with van der Waals surface area (Å²) in [7, 11) is -1.46. The molecule has 0 nitrogen and oxygen atoms in total. The number of hydrogen-bond donors (Lipinski definition) is 0. The van der Waals surface area contributed by atoms with Gasteiger partial charge in [0.25, 0.3) is 0 Å². The molecule has 0 saturated carbocycles. The van der Waals surface area contributed by atoms with Crippen LogP contribution in [0.15, 0.2) is 42.5 Å². The van der Waals surface area contributed by atoms with Crippen molar-refractivity contribution < 1.29 is 0 Å². The van der Waals surface area contributed by atoms with E-state index in [-0.39, 0.29) is 0 Å². The van der Waals surface area contributed by atoms with Crippen LogP contribution in [-0.2, 0) is 0 Å². The number of benzene rings is 3. The Labute approximate surface area is 183 Å².